The fourth-order valence-electron chi connectivity index (χ4n) is 2.36. The van der Waals surface area contributed by atoms with Crippen molar-refractivity contribution in [3.05, 3.63) is 65.2 Å². The van der Waals surface area contributed by atoms with Gasteiger partial charge in [-0.25, -0.2) is 0 Å². The molecule has 0 aliphatic rings. The molecule has 0 aliphatic heterocycles. The second-order valence-electron chi connectivity index (χ2n) is 5.51. The van der Waals surface area contributed by atoms with Gasteiger partial charge in [-0.1, -0.05) is 50.2 Å². The quantitative estimate of drug-likeness (QED) is 0.695. The van der Waals surface area contributed by atoms with E-state index in [4.69, 9.17) is 14.2 Å². The summed E-state index contributed by atoms with van der Waals surface area (Å²) in [5.41, 5.74) is 3.36. The minimum Gasteiger partial charge on any atom is -0.489 e. The van der Waals surface area contributed by atoms with Gasteiger partial charge in [0.2, 0.25) is 0 Å². The minimum atomic E-state index is -0.372. The number of rotatable bonds is 7. The van der Waals surface area contributed by atoms with Crippen LogP contribution in [-0.2, 0) is 16.1 Å². The Balaban J connectivity index is 2.08. The van der Waals surface area contributed by atoms with Gasteiger partial charge in [0.1, 0.15) is 12.4 Å². The average molecular weight is 300 g/mol. The van der Waals surface area contributed by atoms with Crippen molar-refractivity contribution < 1.29 is 14.2 Å². The van der Waals surface area contributed by atoms with Crippen molar-refractivity contribution in [1.29, 1.82) is 0 Å². The van der Waals surface area contributed by atoms with Gasteiger partial charge >= 0.3 is 0 Å². The van der Waals surface area contributed by atoms with Gasteiger partial charge in [-0.15, -0.1) is 0 Å². The van der Waals surface area contributed by atoms with Crippen LogP contribution in [0.5, 0.6) is 5.75 Å². The van der Waals surface area contributed by atoms with E-state index in [0.717, 1.165) is 16.9 Å². The lowest BCUT2D eigenvalue weighted by Gasteiger charge is -2.18. The molecule has 0 aliphatic carbocycles. The molecular weight excluding hydrogens is 276 g/mol. The molecule has 0 unspecified atom stereocenters. The standard InChI is InChI=1S/C19H24O3/c1-14(2)15-9-11-17(12-10-15)22-13-16-7-5-6-8-18(16)19(20-3)21-4/h5-12,14,19H,13H2,1-4H3. The first-order valence-electron chi connectivity index (χ1n) is 7.52. The summed E-state index contributed by atoms with van der Waals surface area (Å²) in [7, 11) is 3.27. The minimum absolute atomic E-state index is 0.372. The van der Waals surface area contributed by atoms with Crippen LogP contribution in [0.4, 0.5) is 0 Å². The Labute approximate surface area is 132 Å². The highest BCUT2D eigenvalue weighted by Gasteiger charge is 2.13. The van der Waals surface area contributed by atoms with Crippen molar-refractivity contribution in [2.24, 2.45) is 0 Å². The lowest BCUT2D eigenvalue weighted by atomic mass is 10.0. The molecule has 0 radical (unpaired) electrons. The molecule has 22 heavy (non-hydrogen) atoms. The van der Waals surface area contributed by atoms with Gasteiger partial charge < -0.3 is 14.2 Å². The van der Waals surface area contributed by atoms with Crippen LogP contribution in [0, 0.1) is 0 Å². The van der Waals surface area contributed by atoms with Gasteiger partial charge in [-0.2, -0.15) is 0 Å². The van der Waals surface area contributed by atoms with E-state index < -0.39 is 0 Å². The maximum absolute atomic E-state index is 5.90. The van der Waals surface area contributed by atoms with Gasteiger partial charge in [-0.3, -0.25) is 0 Å². The third-order valence-electron chi connectivity index (χ3n) is 3.68. The molecule has 3 nitrogen and oxygen atoms in total. The highest BCUT2D eigenvalue weighted by atomic mass is 16.7. The Hall–Kier alpha value is -1.84. The third-order valence-corrected chi connectivity index (χ3v) is 3.68. The van der Waals surface area contributed by atoms with E-state index in [9.17, 15) is 0 Å². The van der Waals surface area contributed by atoms with Crippen molar-refractivity contribution in [3.8, 4) is 5.75 Å². The maximum atomic E-state index is 5.90. The molecule has 0 saturated heterocycles. The first-order valence-corrected chi connectivity index (χ1v) is 7.52. The zero-order chi connectivity index (χ0) is 15.9. The van der Waals surface area contributed by atoms with Gasteiger partial charge in [0, 0.05) is 19.8 Å². The predicted octanol–water partition coefficient (Wildman–Crippen LogP) is 4.68. The van der Waals surface area contributed by atoms with E-state index in [1.165, 1.54) is 5.56 Å². The van der Waals surface area contributed by atoms with Gasteiger partial charge in [0.05, 0.1) is 0 Å². The second-order valence-corrected chi connectivity index (χ2v) is 5.51. The normalized spacial score (nSPS) is 11.2. The topological polar surface area (TPSA) is 27.7 Å². The smallest absolute Gasteiger partial charge is 0.183 e. The first-order chi connectivity index (χ1) is 10.7. The predicted molar refractivity (Wildman–Crippen MR) is 88.1 cm³/mol. The molecule has 0 N–H and O–H groups in total. The lowest BCUT2D eigenvalue weighted by Crippen LogP contribution is -2.08. The monoisotopic (exact) mass is 300 g/mol. The SMILES string of the molecule is COC(OC)c1ccccc1COc1ccc(C(C)C)cc1. The average Bonchev–Trinajstić information content (AvgIpc) is 2.55. The Bertz CT molecular complexity index is 571. The van der Waals surface area contributed by atoms with Crippen molar-refractivity contribution >= 4 is 0 Å². The van der Waals surface area contributed by atoms with Crippen LogP contribution < -0.4 is 4.74 Å². The number of benzene rings is 2. The molecule has 2 aromatic carbocycles. The Morgan fingerprint density at radius 1 is 0.864 bits per heavy atom. The van der Waals surface area contributed by atoms with Crippen molar-refractivity contribution in [2.75, 3.05) is 14.2 Å². The number of methoxy groups -OCH3 is 2. The molecular formula is C19H24O3. The molecule has 0 bridgehead atoms. The lowest BCUT2D eigenvalue weighted by molar-refractivity contribution is -0.106. The molecule has 3 heteroatoms. The van der Waals surface area contributed by atoms with E-state index in [2.05, 4.69) is 26.0 Å². The molecule has 118 valence electrons. The van der Waals surface area contributed by atoms with E-state index in [0.29, 0.717) is 12.5 Å². The highest BCUT2D eigenvalue weighted by molar-refractivity contribution is 5.31. The third kappa shape index (κ3) is 4.09. The van der Waals surface area contributed by atoms with Crippen LogP contribution in [0.15, 0.2) is 48.5 Å². The van der Waals surface area contributed by atoms with Crippen LogP contribution in [-0.4, -0.2) is 14.2 Å². The summed E-state index contributed by atoms with van der Waals surface area (Å²) in [4.78, 5) is 0. The second kappa shape index (κ2) is 7.97. The summed E-state index contributed by atoms with van der Waals surface area (Å²) in [5, 5.41) is 0. The van der Waals surface area contributed by atoms with E-state index in [-0.39, 0.29) is 6.29 Å². The van der Waals surface area contributed by atoms with Crippen LogP contribution >= 0.6 is 0 Å². The fraction of sp³-hybridized carbons (Fsp3) is 0.368. The van der Waals surface area contributed by atoms with Crippen LogP contribution in [0.2, 0.25) is 0 Å². The summed E-state index contributed by atoms with van der Waals surface area (Å²) < 4.78 is 16.6. The summed E-state index contributed by atoms with van der Waals surface area (Å²) >= 11 is 0. The summed E-state index contributed by atoms with van der Waals surface area (Å²) in [6, 6.07) is 16.2. The first kappa shape index (κ1) is 16.5. The molecule has 0 amide bonds. The Morgan fingerprint density at radius 3 is 2.09 bits per heavy atom. The molecule has 0 fully saturated rings. The molecule has 2 rings (SSSR count). The van der Waals surface area contributed by atoms with E-state index in [1.807, 2.05) is 36.4 Å². The number of hydrogen-bond donors (Lipinski definition) is 0. The number of hydrogen-bond acceptors (Lipinski definition) is 3. The van der Waals surface area contributed by atoms with Crippen LogP contribution in [0.1, 0.15) is 42.7 Å². The zero-order valence-electron chi connectivity index (χ0n) is 13.7. The number of ether oxygens (including phenoxy) is 3. The Morgan fingerprint density at radius 2 is 1.50 bits per heavy atom. The van der Waals surface area contributed by atoms with Crippen molar-refractivity contribution in [1.82, 2.24) is 0 Å². The van der Waals surface area contributed by atoms with Gasteiger partial charge in [0.15, 0.2) is 6.29 Å². The summed E-state index contributed by atoms with van der Waals surface area (Å²) in [5.74, 6) is 1.39. The summed E-state index contributed by atoms with van der Waals surface area (Å²) in [6.07, 6.45) is -0.372. The molecule has 2 aromatic rings. The molecule has 0 aromatic heterocycles. The largest absolute Gasteiger partial charge is 0.489 e. The van der Waals surface area contributed by atoms with Crippen LogP contribution in [0.25, 0.3) is 0 Å². The van der Waals surface area contributed by atoms with Crippen molar-refractivity contribution in [2.45, 2.75) is 32.7 Å². The molecule has 0 heterocycles. The molecule has 0 spiro atoms. The van der Waals surface area contributed by atoms with Gasteiger partial charge in [0.25, 0.3) is 0 Å². The highest BCUT2D eigenvalue weighted by Crippen LogP contribution is 2.24. The Kier molecular flexibility index (Phi) is 5.99. The van der Waals surface area contributed by atoms with Gasteiger partial charge in [-0.05, 0) is 29.2 Å². The van der Waals surface area contributed by atoms with E-state index >= 15 is 0 Å². The van der Waals surface area contributed by atoms with Crippen LogP contribution in [0.3, 0.4) is 0 Å². The zero-order valence-corrected chi connectivity index (χ0v) is 13.7. The molecule has 0 atom stereocenters. The molecule has 0 saturated carbocycles. The van der Waals surface area contributed by atoms with Crippen molar-refractivity contribution in [3.63, 3.8) is 0 Å². The maximum Gasteiger partial charge on any atom is 0.183 e. The summed E-state index contributed by atoms with van der Waals surface area (Å²) in [6.45, 7) is 4.85. The van der Waals surface area contributed by atoms with E-state index in [1.54, 1.807) is 14.2 Å². The fourth-order valence-corrected chi connectivity index (χ4v) is 2.36.